The van der Waals surface area contributed by atoms with Crippen LogP contribution in [0.4, 0.5) is 5.69 Å². The summed E-state index contributed by atoms with van der Waals surface area (Å²) in [6.45, 7) is 8.72. The molecular formula is C23H30N3O3S+. The van der Waals surface area contributed by atoms with Crippen LogP contribution in [0.15, 0.2) is 47.4 Å². The number of nitrogens with one attached hydrogen (secondary N) is 1. The van der Waals surface area contributed by atoms with Crippen LogP contribution in [0.1, 0.15) is 23.6 Å². The number of rotatable bonds is 4. The number of hydrogen-bond donors (Lipinski definition) is 1. The van der Waals surface area contributed by atoms with Crippen molar-refractivity contribution >= 4 is 21.6 Å². The molecule has 0 aromatic heterocycles. The predicted octanol–water partition coefficient (Wildman–Crippen LogP) is 1.17. The Bertz CT molecular complexity index is 1060. The van der Waals surface area contributed by atoms with Gasteiger partial charge in [-0.05, 0) is 62.1 Å². The maximum Gasteiger partial charge on any atom is 0.284 e. The molecule has 2 aliphatic rings. The van der Waals surface area contributed by atoms with E-state index in [1.165, 1.54) is 5.56 Å². The molecule has 2 heterocycles. The van der Waals surface area contributed by atoms with E-state index >= 15 is 0 Å². The van der Waals surface area contributed by atoms with Gasteiger partial charge in [0.2, 0.25) is 10.0 Å². The number of aryl methyl sites for hydroxylation is 2. The number of benzene rings is 2. The van der Waals surface area contributed by atoms with Gasteiger partial charge in [0.1, 0.15) is 0 Å². The first-order valence-corrected chi connectivity index (χ1v) is 12.0. The lowest BCUT2D eigenvalue weighted by Crippen LogP contribution is -3.19. The van der Waals surface area contributed by atoms with Crippen molar-refractivity contribution in [1.82, 2.24) is 4.31 Å². The summed E-state index contributed by atoms with van der Waals surface area (Å²) in [4.78, 5) is 16.5. The van der Waals surface area contributed by atoms with Crippen molar-refractivity contribution in [3.8, 4) is 0 Å². The van der Waals surface area contributed by atoms with E-state index < -0.39 is 10.0 Å². The molecule has 1 fully saturated rings. The van der Waals surface area contributed by atoms with Crippen molar-refractivity contribution in [3.63, 3.8) is 0 Å². The van der Waals surface area contributed by atoms with Crippen LogP contribution in [0.3, 0.4) is 0 Å². The van der Waals surface area contributed by atoms with Crippen LogP contribution < -0.4 is 9.80 Å². The molecule has 7 heteroatoms. The van der Waals surface area contributed by atoms with E-state index in [2.05, 4.69) is 6.07 Å². The van der Waals surface area contributed by atoms with Gasteiger partial charge in [0.15, 0.2) is 6.04 Å². The molecule has 2 aromatic carbocycles. The second-order valence-corrected chi connectivity index (χ2v) is 10.3. The normalized spacial score (nSPS) is 19.0. The smallest absolute Gasteiger partial charge is 0.284 e. The van der Waals surface area contributed by atoms with Crippen LogP contribution in [0.5, 0.6) is 0 Å². The van der Waals surface area contributed by atoms with Crippen LogP contribution in [0, 0.1) is 13.8 Å². The number of amides is 1. The number of piperazine rings is 1. The lowest BCUT2D eigenvalue weighted by Gasteiger charge is -2.35. The van der Waals surface area contributed by atoms with Crippen LogP contribution in [0.2, 0.25) is 0 Å². The molecule has 0 saturated carbocycles. The number of carbonyl (C=O) groups excluding carboxylic acids is 1. The molecule has 6 nitrogen and oxygen atoms in total. The van der Waals surface area contributed by atoms with Crippen LogP contribution >= 0.6 is 0 Å². The zero-order valence-corrected chi connectivity index (χ0v) is 18.7. The first kappa shape index (κ1) is 21.0. The number of para-hydroxylation sites is 1. The summed E-state index contributed by atoms with van der Waals surface area (Å²) >= 11 is 0. The van der Waals surface area contributed by atoms with Crippen LogP contribution in [-0.2, 0) is 21.2 Å². The van der Waals surface area contributed by atoms with Gasteiger partial charge >= 0.3 is 0 Å². The third kappa shape index (κ3) is 3.77. The number of carbonyl (C=O) groups is 1. The summed E-state index contributed by atoms with van der Waals surface area (Å²) in [5, 5.41) is 0. The molecule has 1 atom stereocenters. The molecule has 1 saturated heterocycles. The molecule has 4 rings (SSSR count). The highest BCUT2D eigenvalue weighted by atomic mass is 32.2. The first-order valence-electron chi connectivity index (χ1n) is 10.6. The van der Waals surface area contributed by atoms with Crippen molar-refractivity contribution in [3.05, 3.63) is 59.2 Å². The van der Waals surface area contributed by atoms with E-state index in [1.807, 2.05) is 49.9 Å². The maximum atomic E-state index is 13.1. The topological polar surface area (TPSA) is 62.1 Å². The molecule has 1 amide bonds. The molecule has 2 aliphatic heterocycles. The fourth-order valence-electron chi connectivity index (χ4n) is 4.45. The summed E-state index contributed by atoms with van der Waals surface area (Å²) in [6.07, 6.45) is 0.895. The molecule has 1 N–H and O–H groups in total. The van der Waals surface area contributed by atoms with Gasteiger partial charge < -0.3 is 9.80 Å². The molecule has 0 aliphatic carbocycles. The zero-order chi connectivity index (χ0) is 21.5. The summed E-state index contributed by atoms with van der Waals surface area (Å²) < 4.78 is 27.7. The highest BCUT2D eigenvalue weighted by Gasteiger charge is 2.37. The molecule has 0 bridgehead atoms. The van der Waals surface area contributed by atoms with Crippen molar-refractivity contribution in [2.75, 3.05) is 37.6 Å². The number of quaternary nitrogens is 1. The second-order valence-electron chi connectivity index (χ2n) is 8.40. The van der Waals surface area contributed by atoms with Crippen LogP contribution in [-0.4, -0.2) is 57.4 Å². The molecular weight excluding hydrogens is 398 g/mol. The average Bonchev–Trinajstić information content (AvgIpc) is 3.19. The monoisotopic (exact) mass is 428 g/mol. The molecule has 0 spiro atoms. The summed E-state index contributed by atoms with van der Waals surface area (Å²) in [5.74, 6) is 0.125. The Hall–Kier alpha value is -2.22. The van der Waals surface area contributed by atoms with Gasteiger partial charge in [-0.2, -0.15) is 4.31 Å². The lowest BCUT2D eigenvalue weighted by atomic mass is 10.1. The maximum absolute atomic E-state index is 13.1. The van der Waals surface area contributed by atoms with Crippen molar-refractivity contribution in [1.29, 1.82) is 0 Å². The van der Waals surface area contributed by atoms with Gasteiger partial charge in [-0.15, -0.1) is 0 Å². The Morgan fingerprint density at radius 1 is 1.00 bits per heavy atom. The number of sulfonamides is 1. The van der Waals surface area contributed by atoms with Gasteiger partial charge in [-0.1, -0.05) is 24.3 Å². The predicted molar refractivity (Wildman–Crippen MR) is 117 cm³/mol. The summed E-state index contributed by atoms with van der Waals surface area (Å²) in [7, 11) is -3.50. The van der Waals surface area contributed by atoms with E-state index in [0.717, 1.165) is 34.7 Å². The number of hydrogen-bond acceptors (Lipinski definition) is 3. The molecule has 0 unspecified atom stereocenters. The quantitative estimate of drug-likeness (QED) is 0.795. The minimum atomic E-state index is -3.50. The molecule has 30 heavy (non-hydrogen) atoms. The lowest BCUT2D eigenvalue weighted by molar-refractivity contribution is -0.917. The Kier molecular flexibility index (Phi) is 5.70. The van der Waals surface area contributed by atoms with Crippen LogP contribution in [0.25, 0.3) is 0 Å². The highest BCUT2D eigenvalue weighted by molar-refractivity contribution is 7.89. The first-order chi connectivity index (χ1) is 14.3. The van der Waals surface area contributed by atoms with E-state index in [4.69, 9.17) is 0 Å². The standard InChI is InChI=1S/C23H29N3O3S/c1-17-8-9-21(16-18(17)2)30(28,29)25-14-12-24(13-15-25)19(3)23(27)26-11-10-20-6-4-5-7-22(20)26/h4-9,16,19H,10-15H2,1-3H3/p+1/t19-/m1/s1. The summed E-state index contributed by atoms with van der Waals surface area (Å²) in [5.41, 5.74) is 4.30. The van der Waals surface area contributed by atoms with Gasteiger partial charge in [0, 0.05) is 12.2 Å². The van der Waals surface area contributed by atoms with Crippen molar-refractivity contribution in [2.45, 2.75) is 38.1 Å². The van der Waals surface area contributed by atoms with E-state index in [0.29, 0.717) is 31.1 Å². The molecule has 2 aromatic rings. The SMILES string of the molecule is Cc1ccc(S(=O)(=O)N2CC[NH+]([C@H](C)C(=O)N3CCc4ccccc43)CC2)cc1C. The van der Waals surface area contributed by atoms with E-state index in [9.17, 15) is 13.2 Å². The molecule has 160 valence electrons. The third-order valence-corrected chi connectivity index (χ3v) is 8.51. The third-order valence-electron chi connectivity index (χ3n) is 6.62. The Labute approximate surface area is 179 Å². The largest absolute Gasteiger partial charge is 0.323 e. The van der Waals surface area contributed by atoms with Gasteiger partial charge in [-0.3, -0.25) is 4.79 Å². The minimum absolute atomic E-state index is 0.125. The van der Waals surface area contributed by atoms with Gasteiger partial charge in [-0.25, -0.2) is 8.42 Å². The second kappa shape index (κ2) is 8.13. The summed E-state index contributed by atoms with van der Waals surface area (Å²) in [6, 6.07) is 13.2. The minimum Gasteiger partial charge on any atom is -0.323 e. The average molecular weight is 429 g/mol. The van der Waals surface area contributed by atoms with E-state index in [1.54, 1.807) is 16.4 Å². The fourth-order valence-corrected chi connectivity index (χ4v) is 5.97. The van der Waals surface area contributed by atoms with E-state index in [-0.39, 0.29) is 11.9 Å². The van der Waals surface area contributed by atoms with Crippen molar-refractivity contribution < 1.29 is 18.1 Å². The van der Waals surface area contributed by atoms with Gasteiger partial charge in [0.25, 0.3) is 5.91 Å². The Morgan fingerprint density at radius 3 is 2.40 bits per heavy atom. The fraction of sp³-hybridized carbons (Fsp3) is 0.435. The highest BCUT2D eigenvalue weighted by Crippen LogP contribution is 2.27. The van der Waals surface area contributed by atoms with Crippen molar-refractivity contribution in [2.24, 2.45) is 0 Å². The number of fused-ring (bicyclic) bond motifs is 1. The molecule has 0 radical (unpaired) electrons. The number of anilines is 1. The number of nitrogens with zero attached hydrogens (tertiary/aromatic N) is 2. The Balaban J connectivity index is 1.42. The Morgan fingerprint density at radius 2 is 1.70 bits per heavy atom. The van der Waals surface area contributed by atoms with Gasteiger partial charge in [0.05, 0.1) is 31.1 Å². The zero-order valence-electron chi connectivity index (χ0n) is 17.9.